The smallest absolute Gasteiger partial charge is 0.214 e. The molecule has 1 saturated heterocycles. The fraction of sp³-hybridized carbons (Fsp3) is 0.455. The van der Waals surface area contributed by atoms with Gasteiger partial charge in [0.2, 0.25) is 5.88 Å². The van der Waals surface area contributed by atoms with E-state index in [-0.39, 0.29) is 6.10 Å². The number of piperidine rings is 1. The minimum absolute atomic E-state index is 0.181. The topological polar surface area (TPSA) is 57.9 Å². The summed E-state index contributed by atoms with van der Waals surface area (Å²) in [6.07, 6.45) is 2.36. The Bertz CT molecular complexity index is 366. The molecular formula is C11H13N3O. The predicted octanol–water partition coefficient (Wildman–Crippen LogP) is 1.08. The van der Waals surface area contributed by atoms with Crippen LogP contribution in [0.3, 0.4) is 0 Å². The number of hydrogen-bond donors (Lipinski definition) is 1. The number of ether oxygens (including phenoxy) is 1. The Labute approximate surface area is 88.9 Å². The van der Waals surface area contributed by atoms with E-state index in [1.807, 2.05) is 6.07 Å². The highest BCUT2D eigenvalue weighted by Gasteiger charge is 2.14. The maximum absolute atomic E-state index is 8.69. The van der Waals surface area contributed by atoms with Gasteiger partial charge in [-0.15, -0.1) is 0 Å². The van der Waals surface area contributed by atoms with Crippen LogP contribution in [0.25, 0.3) is 0 Å². The van der Waals surface area contributed by atoms with Gasteiger partial charge in [0.1, 0.15) is 17.9 Å². The first-order chi connectivity index (χ1) is 7.38. The average Bonchev–Trinajstić information content (AvgIpc) is 2.31. The molecule has 4 nitrogen and oxygen atoms in total. The summed E-state index contributed by atoms with van der Waals surface area (Å²) < 4.78 is 5.67. The molecule has 1 aliphatic heterocycles. The Balaban J connectivity index is 2.00. The first-order valence-corrected chi connectivity index (χ1v) is 5.13. The van der Waals surface area contributed by atoms with Crippen molar-refractivity contribution < 1.29 is 4.74 Å². The zero-order chi connectivity index (χ0) is 10.5. The van der Waals surface area contributed by atoms with Gasteiger partial charge in [-0.3, -0.25) is 0 Å². The number of nitriles is 1. The van der Waals surface area contributed by atoms with Crippen molar-refractivity contribution in [1.29, 1.82) is 5.26 Å². The minimum Gasteiger partial charge on any atom is -0.473 e. The van der Waals surface area contributed by atoms with Crippen LogP contribution in [-0.4, -0.2) is 24.2 Å². The van der Waals surface area contributed by atoms with E-state index in [2.05, 4.69) is 10.3 Å². The van der Waals surface area contributed by atoms with E-state index >= 15 is 0 Å². The SMILES string of the molecule is N#Cc1cccc(O[C@H]2CCCNC2)n1. The molecule has 78 valence electrons. The van der Waals surface area contributed by atoms with Crippen molar-refractivity contribution in [3.8, 4) is 11.9 Å². The number of nitrogens with zero attached hydrogens (tertiary/aromatic N) is 2. The summed E-state index contributed by atoms with van der Waals surface area (Å²) in [7, 11) is 0. The van der Waals surface area contributed by atoms with Crippen molar-refractivity contribution >= 4 is 0 Å². The molecule has 1 aromatic rings. The van der Waals surface area contributed by atoms with Crippen LogP contribution in [-0.2, 0) is 0 Å². The van der Waals surface area contributed by atoms with Gasteiger partial charge in [0, 0.05) is 12.6 Å². The molecule has 2 heterocycles. The van der Waals surface area contributed by atoms with Crippen LogP contribution >= 0.6 is 0 Å². The van der Waals surface area contributed by atoms with Gasteiger partial charge in [-0.25, -0.2) is 4.98 Å². The Morgan fingerprint density at radius 2 is 2.47 bits per heavy atom. The van der Waals surface area contributed by atoms with Crippen molar-refractivity contribution in [3.63, 3.8) is 0 Å². The summed E-state index contributed by atoms with van der Waals surface area (Å²) in [5.41, 5.74) is 0.399. The van der Waals surface area contributed by atoms with Crippen LogP contribution in [0.1, 0.15) is 18.5 Å². The highest BCUT2D eigenvalue weighted by molar-refractivity contribution is 5.24. The van der Waals surface area contributed by atoms with Gasteiger partial charge >= 0.3 is 0 Å². The van der Waals surface area contributed by atoms with Crippen LogP contribution in [0.5, 0.6) is 5.88 Å². The summed E-state index contributed by atoms with van der Waals surface area (Å²) in [5.74, 6) is 0.544. The Kier molecular flexibility index (Phi) is 3.15. The third-order valence-electron chi connectivity index (χ3n) is 2.38. The lowest BCUT2D eigenvalue weighted by atomic mass is 10.1. The number of aromatic nitrogens is 1. The molecule has 0 aromatic carbocycles. The van der Waals surface area contributed by atoms with Gasteiger partial charge in [-0.05, 0) is 25.5 Å². The van der Waals surface area contributed by atoms with E-state index in [4.69, 9.17) is 10.00 Å². The molecular weight excluding hydrogens is 190 g/mol. The van der Waals surface area contributed by atoms with E-state index in [1.165, 1.54) is 0 Å². The second kappa shape index (κ2) is 4.76. The summed E-state index contributed by atoms with van der Waals surface area (Å²) in [6, 6.07) is 7.25. The molecule has 0 radical (unpaired) electrons. The molecule has 0 aliphatic carbocycles. The van der Waals surface area contributed by atoms with Crippen molar-refractivity contribution in [2.45, 2.75) is 18.9 Å². The average molecular weight is 203 g/mol. The summed E-state index contributed by atoms with van der Waals surface area (Å²) in [4.78, 5) is 4.07. The molecule has 0 amide bonds. The number of rotatable bonds is 2. The lowest BCUT2D eigenvalue weighted by Crippen LogP contribution is -2.37. The van der Waals surface area contributed by atoms with Crippen LogP contribution in [0.4, 0.5) is 0 Å². The maximum Gasteiger partial charge on any atom is 0.214 e. The largest absolute Gasteiger partial charge is 0.473 e. The van der Waals surface area contributed by atoms with Gasteiger partial charge in [0.15, 0.2) is 0 Å². The molecule has 15 heavy (non-hydrogen) atoms. The third-order valence-corrected chi connectivity index (χ3v) is 2.38. The van der Waals surface area contributed by atoms with Crippen molar-refractivity contribution in [2.24, 2.45) is 0 Å². The molecule has 1 aliphatic rings. The molecule has 1 atom stereocenters. The zero-order valence-corrected chi connectivity index (χ0v) is 8.44. The quantitative estimate of drug-likeness (QED) is 0.781. The monoisotopic (exact) mass is 203 g/mol. The van der Waals surface area contributed by atoms with Crippen LogP contribution in [0.2, 0.25) is 0 Å². The second-order valence-electron chi connectivity index (χ2n) is 3.56. The van der Waals surface area contributed by atoms with Crippen molar-refractivity contribution in [1.82, 2.24) is 10.3 Å². The summed E-state index contributed by atoms with van der Waals surface area (Å²) in [5, 5.41) is 12.0. The van der Waals surface area contributed by atoms with Crippen LogP contribution in [0, 0.1) is 11.3 Å². The van der Waals surface area contributed by atoms with E-state index < -0.39 is 0 Å². The fourth-order valence-electron chi connectivity index (χ4n) is 1.63. The van der Waals surface area contributed by atoms with Gasteiger partial charge < -0.3 is 10.1 Å². The second-order valence-corrected chi connectivity index (χ2v) is 3.56. The normalized spacial score (nSPS) is 20.6. The molecule has 4 heteroatoms. The summed E-state index contributed by atoms with van der Waals surface area (Å²) in [6.45, 7) is 1.92. The van der Waals surface area contributed by atoms with Gasteiger partial charge in [-0.2, -0.15) is 5.26 Å². The Morgan fingerprint density at radius 1 is 1.53 bits per heavy atom. The highest BCUT2D eigenvalue weighted by atomic mass is 16.5. The lowest BCUT2D eigenvalue weighted by Gasteiger charge is -2.23. The first kappa shape index (κ1) is 9.94. The van der Waals surface area contributed by atoms with E-state index in [1.54, 1.807) is 18.2 Å². The van der Waals surface area contributed by atoms with Crippen molar-refractivity contribution in [2.75, 3.05) is 13.1 Å². The minimum atomic E-state index is 0.181. The Hall–Kier alpha value is -1.60. The Morgan fingerprint density at radius 3 is 3.20 bits per heavy atom. The highest BCUT2D eigenvalue weighted by Crippen LogP contribution is 2.13. The number of nitrogens with one attached hydrogen (secondary N) is 1. The molecule has 0 unspecified atom stereocenters. The molecule has 1 fully saturated rings. The molecule has 1 aromatic heterocycles. The standard InChI is InChI=1S/C11H13N3O/c12-7-9-3-1-5-11(14-9)15-10-4-2-6-13-8-10/h1,3,5,10,13H,2,4,6,8H2/t10-/m0/s1. The lowest BCUT2D eigenvalue weighted by molar-refractivity contribution is 0.160. The van der Waals surface area contributed by atoms with Gasteiger partial charge in [0.25, 0.3) is 0 Å². The predicted molar refractivity (Wildman–Crippen MR) is 55.5 cm³/mol. The first-order valence-electron chi connectivity index (χ1n) is 5.13. The maximum atomic E-state index is 8.69. The molecule has 0 spiro atoms. The van der Waals surface area contributed by atoms with Crippen molar-refractivity contribution in [3.05, 3.63) is 23.9 Å². The summed E-state index contributed by atoms with van der Waals surface area (Å²) >= 11 is 0. The fourth-order valence-corrected chi connectivity index (χ4v) is 1.63. The molecule has 1 N–H and O–H groups in total. The zero-order valence-electron chi connectivity index (χ0n) is 8.44. The third kappa shape index (κ3) is 2.67. The van der Waals surface area contributed by atoms with Gasteiger partial charge in [0.05, 0.1) is 0 Å². The van der Waals surface area contributed by atoms with Gasteiger partial charge in [-0.1, -0.05) is 6.07 Å². The van der Waals surface area contributed by atoms with Crippen LogP contribution < -0.4 is 10.1 Å². The molecule has 0 saturated carbocycles. The van der Waals surface area contributed by atoms with E-state index in [0.29, 0.717) is 11.6 Å². The number of pyridine rings is 1. The van der Waals surface area contributed by atoms with Crippen LogP contribution in [0.15, 0.2) is 18.2 Å². The number of hydrogen-bond acceptors (Lipinski definition) is 4. The molecule has 0 bridgehead atoms. The molecule has 2 rings (SSSR count). The van der Waals surface area contributed by atoms with E-state index in [9.17, 15) is 0 Å². The van der Waals surface area contributed by atoms with E-state index in [0.717, 1.165) is 25.9 Å².